The van der Waals surface area contributed by atoms with Crippen molar-refractivity contribution >= 4 is 10.1 Å². The van der Waals surface area contributed by atoms with E-state index in [0.717, 1.165) is 19.3 Å². The van der Waals surface area contributed by atoms with Crippen molar-refractivity contribution in [1.82, 2.24) is 5.32 Å². The maximum Gasteiger partial charge on any atom is 0.297 e. The van der Waals surface area contributed by atoms with E-state index >= 15 is 0 Å². The molecule has 0 heterocycles. The second-order valence-electron chi connectivity index (χ2n) is 3.27. The van der Waals surface area contributed by atoms with Gasteiger partial charge in [0.15, 0.2) is 0 Å². The summed E-state index contributed by atoms with van der Waals surface area (Å²) in [5.41, 5.74) is -2.10. The van der Waals surface area contributed by atoms with Gasteiger partial charge in [0.25, 0.3) is 10.1 Å². The van der Waals surface area contributed by atoms with Gasteiger partial charge in [-0.3, -0.25) is 4.55 Å². The SMILES string of the molecule is CCCCCCC(F)S(=O)(=O)O.CNC. The summed E-state index contributed by atoms with van der Waals surface area (Å²) >= 11 is 0. The Morgan fingerprint density at radius 3 is 2.07 bits per heavy atom. The van der Waals surface area contributed by atoms with Crippen LogP contribution in [-0.2, 0) is 10.1 Å². The molecule has 4 nitrogen and oxygen atoms in total. The third-order valence-electron chi connectivity index (χ3n) is 1.61. The number of alkyl halides is 1. The normalized spacial score (nSPS) is 12.9. The molecule has 0 spiro atoms. The van der Waals surface area contributed by atoms with Gasteiger partial charge >= 0.3 is 0 Å². The second-order valence-corrected chi connectivity index (χ2v) is 4.82. The van der Waals surface area contributed by atoms with Crippen LogP contribution in [0.15, 0.2) is 0 Å². The minimum Gasteiger partial charge on any atom is -0.323 e. The smallest absolute Gasteiger partial charge is 0.297 e. The molecule has 0 aromatic carbocycles. The van der Waals surface area contributed by atoms with Crippen LogP contribution in [0.4, 0.5) is 4.39 Å². The maximum absolute atomic E-state index is 12.5. The Morgan fingerprint density at radius 1 is 1.27 bits per heavy atom. The van der Waals surface area contributed by atoms with Gasteiger partial charge < -0.3 is 5.32 Å². The molecular formula is C9H22FNO3S. The molecule has 0 saturated heterocycles. The molecule has 0 aliphatic rings. The van der Waals surface area contributed by atoms with Crippen LogP contribution in [0.25, 0.3) is 0 Å². The van der Waals surface area contributed by atoms with Crippen molar-refractivity contribution in [3.63, 3.8) is 0 Å². The lowest BCUT2D eigenvalue weighted by atomic mass is 10.2. The number of rotatable bonds is 6. The minimum atomic E-state index is -4.46. The molecule has 0 rings (SSSR count). The van der Waals surface area contributed by atoms with Crippen LogP contribution >= 0.6 is 0 Å². The Kier molecular flexibility index (Phi) is 11.8. The molecule has 0 aliphatic heterocycles. The molecule has 0 amide bonds. The van der Waals surface area contributed by atoms with Gasteiger partial charge in [-0.05, 0) is 26.9 Å². The van der Waals surface area contributed by atoms with E-state index in [2.05, 4.69) is 5.32 Å². The summed E-state index contributed by atoms with van der Waals surface area (Å²) < 4.78 is 41.1. The predicted molar refractivity (Wildman–Crippen MR) is 60.2 cm³/mol. The van der Waals surface area contributed by atoms with E-state index in [0.29, 0.717) is 6.42 Å². The van der Waals surface area contributed by atoms with Crippen LogP contribution in [0.1, 0.15) is 39.0 Å². The molecule has 0 aliphatic carbocycles. The van der Waals surface area contributed by atoms with Gasteiger partial charge in [-0.15, -0.1) is 0 Å². The van der Waals surface area contributed by atoms with Gasteiger partial charge in [-0.2, -0.15) is 8.42 Å². The zero-order valence-corrected chi connectivity index (χ0v) is 10.5. The molecule has 94 valence electrons. The number of nitrogens with one attached hydrogen (secondary N) is 1. The molecule has 6 heteroatoms. The summed E-state index contributed by atoms with van der Waals surface area (Å²) in [5, 5.41) is 2.75. The predicted octanol–water partition coefficient (Wildman–Crippen LogP) is 1.98. The molecule has 1 atom stereocenters. The number of unbranched alkanes of at least 4 members (excludes halogenated alkanes) is 3. The van der Waals surface area contributed by atoms with Crippen LogP contribution in [-0.4, -0.2) is 32.6 Å². The lowest BCUT2D eigenvalue weighted by Crippen LogP contribution is -2.14. The van der Waals surface area contributed by atoms with Gasteiger partial charge in [0.2, 0.25) is 5.50 Å². The van der Waals surface area contributed by atoms with E-state index in [1.807, 2.05) is 21.0 Å². The fraction of sp³-hybridized carbons (Fsp3) is 1.00. The lowest BCUT2D eigenvalue weighted by molar-refractivity contribution is 0.350. The molecule has 0 aromatic heterocycles. The largest absolute Gasteiger partial charge is 0.323 e. The van der Waals surface area contributed by atoms with Crippen molar-refractivity contribution in [2.24, 2.45) is 0 Å². The van der Waals surface area contributed by atoms with Crippen LogP contribution in [0, 0.1) is 0 Å². The van der Waals surface area contributed by atoms with Crippen molar-refractivity contribution in [2.45, 2.75) is 44.5 Å². The molecule has 0 radical (unpaired) electrons. The summed E-state index contributed by atoms with van der Waals surface area (Å²) in [7, 11) is -0.707. The Bertz CT molecular complexity index is 219. The quantitative estimate of drug-likeness (QED) is 0.553. The van der Waals surface area contributed by atoms with Gasteiger partial charge in [0.1, 0.15) is 0 Å². The fourth-order valence-corrected chi connectivity index (χ4v) is 1.35. The fourth-order valence-electron chi connectivity index (χ4n) is 0.881. The van der Waals surface area contributed by atoms with Gasteiger partial charge in [0, 0.05) is 0 Å². The van der Waals surface area contributed by atoms with Gasteiger partial charge in [-0.25, -0.2) is 4.39 Å². The molecule has 2 N–H and O–H groups in total. The Morgan fingerprint density at radius 2 is 1.73 bits per heavy atom. The monoisotopic (exact) mass is 243 g/mol. The van der Waals surface area contributed by atoms with Crippen molar-refractivity contribution < 1.29 is 17.4 Å². The highest BCUT2D eigenvalue weighted by Gasteiger charge is 2.20. The van der Waals surface area contributed by atoms with Crippen molar-refractivity contribution in [2.75, 3.05) is 14.1 Å². The van der Waals surface area contributed by atoms with Crippen molar-refractivity contribution in [3.05, 3.63) is 0 Å². The van der Waals surface area contributed by atoms with E-state index in [1.165, 1.54) is 0 Å². The first-order chi connectivity index (χ1) is 6.90. The summed E-state index contributed by atoms with van der Waals surface area (Å²) in [6, 6.07) is 0. The van der Waals surface area contributed by atoms with E-state index in [-0.39, 0.29) is 6.42 Å². The molecule has 15 heavy (non-hydrogen) atoms. The molecule has 0 aromatic rings. The average Bonchev–Trinajstić information content (AvgIpc) is 2.12. The molecular weight excluding hydrogens is 221 g/mol. The van der Waals surface area contributed by atoms with Crippen LogP contribution in [0.2, 0.25) is 0 Å². The van der Waals surface area contributed by atoms with Crippen molar-refractivity contribution in [3.8, 4) is 0 Å². The molecule has 0 fully saturated rings. The second kappa shape index (κ2) is 10.3. The zero-order chi connectivity index (χ0) is 12.3. The van der Waals surface area contributed by atoms with Crippen LogP contribution < -0.4 is 5.32 Å². The van der Waals surface area contributed by atoms with Crippen LogP contribution in [0.5, 0.6) is 0 Å². The summed E-state index contributed by atoms with van der Waals surface area (Å²) in [4.78, 5) is 0. The molecule has 0 saturated carbocycles. The van der Waals surface area contributed by atoms with E-state index in [4.69, 9.17) is 4.55 Å². The van der Waals surface area contributed by atoms with E-state index in [1.54, 1.807) is 0 Å². The highest BCUT2D eigenvalue weighted by atomic mass is 32.2. The van der Waals surface area contributed by atoms with Crippen LogP contribution in [0.3, 0.4) is 0 Å². The first-order valence-corrected chi connectivity index (χ1v) is 6.59. The third kappa shape index (κ3) is 13.8. The summed E-state index contributed by atoms with van der Waals surface area (Å²) in [6.07, 6.45) is 3.21. The average molecular weight is 243 g/mol. The molecule has 0 bridgehead atoms. The Labute approximate surface area is 92.0 Å². The van der Waals surface area contributed by atoms with Crippen molar-refractivity contribution in [1.29, 1.82) is 0 Å². The minimum absolute atomic E-state index is 0.0984. The van der Waals surface area contributed by atoms with E-state index in [9.17, 15) is 12.8 Å². The van der Waals surface area contributed by atoms with Gasteiger partial charge in [-0.1, -0.05) is 26.2 Å². The highest BCUT2D eigenvalue weighted by Crippen LogP contribution is 2.11. The topological polar surface area (TPSA) is 66.4 Å². The zero-order valence-electron chi connectivity index (χ0n) is 9.66. The highest BCUT2D eigenvalue weighted by molar-refractivity contribution is 7.86. The number of halogens is 1. The van der Waals surface area contributed by atoms with E-state index < -0.39 is 15.6 Å². The Hall–Kier alpha value is -0.200. The molecule has 1 unspecified atom stereocenters. The standard InChI is InChI=1S/C7H15FO3S.C2H7N/c1-2-3-4-5-6-7(8)12(9,10)11;1-3-2/h7H,2-6H2,1H3,(H,9,10,11);3H,1-2H3. The first-order valence-electron chi connectivity index (χ1n) is 5.09. The number of hydrogen-bond acceptors (Lipinski definition) is 3. The Balaban J connectivity index is 0. The number of hydrogen-bond donors (Lipinski definition) is 2. The summed E-state index contributed by atoms with van der Waals surface area (Å²) in [6.45, 7) is 2.01. The van der Waals surface area contributed by atoms with Gasteiger partial charge in [0.05, 0.1) is 0 Å². The lowest BCUT2D eigenvalue weighted by Gasteiger charge is -2.03. The first kappa shape index (κ1) is 17.2. The third-order valence-corrected chi connectivity index (χ3v) is 2.49. The maximum atomic E-state index is 12.5. The summed E-state index contributed by atoms with van der Waals surface area (Å²) in [5.74, 6) is 0.